The van der Waals surface area contributed by atoms with Gasteiger partial charge in [0.2, 0.25) is 0 Å². The van der Waals surface area contributed by atoms with Crippen molar-refractivity contribution >= 4 is 43.5 Å². The van der Waals surface area contributed by atoms with E-state index in [1.54, 1.807) is 0 Å². The summed E-state index contributed by atoms with van der Waals surface area (Å²) in [4.78, 5) is 8.84. The summed E-state index contributed by atoms with van der Waals surface area (Å²) >= 11 is 0. The molecule has 0 radical (unpaired) electrons. The first kappa shape index (κ1) is 10.8. The Morgan fingerprint density at radius 3 is 2.52 bits per heavy atom. The molecule has 5 aromatic rings. The monoisotopic (exact) mass is 270 g/mol. The molecular weight excluding hydrogens is 260 g/mol. The number of hydrogen-bond acceptors (Lipinski definition) is 3. The maximum absolute atomic E-state index is 5.61. The Labute approximate surface area is 119 Å². The standard InChI is InChI=1S/C18H10N2O/c1-2-4-12-8-16-14(7-11(12)3-1)17-13(9-19-16)5-6-15-18(17)21-10-20-15/h1-10H. The zero-order chi connectivity index (χ0) is 13.8. The van der Waals surface area contributed by atoms with Gasteiger partial charge in [0, 0.05) is 22.4 Å². The molecule has 0 aliphatic heterocycles. The molecule has 0 spiro atoms. The zero-order valence-corrected chi connectivity index (χ0v) is 11.1. The molecule has 0 bridgehead atoms. The highest BCUT2D eigenvalue weighted by Gasteiger charge is 2.10. The Hall–Kier alpha value is -2.94. The third-order valence-electron chi connectivity index (χ3n) is 4.01. The van der Waals surface area contributed by atoms with Gasteiger partial charge in [-0.2, -0.15) is 0 Å². The SMILES string of the molecule is c1ccc2cc3c(cc2c1)ncc1ccc2ncoc2c13. The number of pyridine rings is 1. The molecule has 2 aromatic heterocycles. The Morgan fingerprint density at radius 1 is 0.762 bits per heavy atom. The molecule has 0 atom stereocenters. The van der Waals surface area contributed by atoms with Gasteiger partial charge in [0.15, 0.2) is 12.0 Å². The summed E-state index contributed by atoms with van der Waals surface area (Å²) < 4.78 is 5.61. The van der Waals surface area contributed by atoms with Crippen molar-refractivity contribution in [1.29, 1.82) is 0 Å². The zero-order valence-electron chi connectivity index (χ0n) is 11.1. The summed E-state index contributed by atoms with van der Waals surface area (Å²) in [6, 6.07) is 16.6. The van der Waals surface area contributed by atoms with E-state index >= 15 is 0 Å². The maximum Gasteiger partial charge on any atom is 0.182 e. The Kier molecular flexibility index (Phi) is 1.95. The summed E-state index contributed by atoms with van der Waals surface area (Å²) in [5.74, 6) is 0. The first-order valence-corrected chi connectivity index (χ1v) is 6.83. The van der Waals surface area contributed by atoms with Crippen molar-refractivity contribution in [2.45, 2.75) is 0 Å². The van der Waals surface area contributed by atoms with Crippen molar-refractivity contribution < 1.29 is 4.42 Å². The summed E-state index contributed by atoms with van der Waals surface area (Å²) in [6.45, 7) is 0. The number of fused-ring (bicyclic) bond motifs is 6. The van der Waals surface area contributed by atoms with Crippen LogP contribution in [-0.2, 0) is 0 Å². The first-order valence-electron chi connectivity index (χ1n) is 6.83. The van der Waals surface area contributed by atoms with E-state index in [4.69, 9.17) is 4.42 Å². The second-order valence-corrected chi connectivity index (χ2v) is 5.21. The largest absolute Gasteiger partial charge is 0.443 e. The van der Waals surface area contributed by atoms with Crippen LogP contribution in [0.1, 0.15) is 0 Å². The van der Waals surface area contributed by atoms with E-state index < -0.39 is 0 Å². The smallest absolute Gasteiger partial charge is 0.182 e. The molecule has 2 heterocycles. The van der Waals surface area contributed by atoms with Crippen LogP contribution in [0.15, 0.2) is 65.5 Å². The quantitative estimate of drug-likeness (QED) is 0.303. The average molecular weight is 270 g/mol. The Morgan fingerprint density at radius 2 is 1.62 bits per heavy atom. The fourth-order valence-corrected chi connectivity index (χ4v) is 3.00. The predicted molar refractivity (Wildman–Crippen MR) is 84.3 cm³/mol. The molecule has 3 heteroatoms. The summed E-state index contributed by atoms with van der Waals surface area (Å²) in [7, 11) is 0. The topological polar surface area (TPSA) is 38.9 Å². The molecule has 3 aromatic carbocycles. The predicted octanol–water partition coefficient (Wildman–Crippen LogP) is 4.68. The molecule has 0 N–H and O–H groups in total. The lowest BCUT2D eigenvalue weighted by atomic mass is 10.0. The molecule has 0 amide bonds. The third-order valence-corrected chi connectivity index (χ3v) is 4.01. The van der Waals surface area contributed by atoms with Gasteiger partial charge in [-0.15, -0.1) is 0 Å². The van der Waals surface area contributed by atoms with Crippen LogP contribution in [0.25, 0.3) is 43.5 Å². The van der Waals surface area contributed by atoms with Crippen LogP contribution in [0.3, 0.4) is 0 Å². The second kappa shape index (κ2) is 3.79. The average Bonchev–Trinajstić information content (AvgIpc) is 3.01. The van der Waals surface area contributed by atoms with Gasteiger partial charge in [-0.3, -0.25) is 4.98 Å². The van der Waals surface area contributed by atoms with E-state index in [1.807, 2.05) is 24.4 Å². The van der Waals surface area contributed by atoms with Crippen molar-refractivity contribution in [3.05, 3.63) is 61.1 Å². The lowest BCUT2D eigenvalue weighted by Crippen LogP contribution is -1.84. The van der Waals surface area contributed by atoms with Gasteiger partial charge in [-0.25, -0.2) is 4.98 Å². The van der Waals surface area contributed by atoms with Crippen LogP contribution in [0.4, 0.5) is 0 Å². The van der Waals surface area contributed by atoms with Crippen LogP contribution < -0.4 is 0 Å². The number of nitrogens with zero attached hydrogens (tertiary/aromatic N) is 2. The molecule has 0 aliphatic carbocycles. The molecule has 0 saturated carbocycles. The van der Waals surface area contributed by atoms with Crippen LogP contribution in [0.5, 0.6) is 0 Å². The lowest BCUT2D eigenvalue weighted by Gasteiger charge is -2.05. The van der Waals surface area contributed by atoms with Gasteiger partial charge in [0.05, 0.1) is 5.52 Å². The molecule has 3 nitrogen and oxygen atoms in total. The number of hydrogen-bond donors (Lipinski definition) is 0. The van der Waals surface area contributed by atoms with E-state index in [1.165, 1.54) is 17.2 Å². The van der Waals surface area contributed by atoms with Crippen LogP contribution >= 0.6 is 0 Å². The van der Waals surface area contributed by atoms with Crippen molar-refractivity contribution in [2.24, 2.45) is 0 Å². The van der Waals surface area contributed by atoms with E-state index in [2.05, 4.69) is 40.3 Å². The minimum absolute atomic E-state index is 0.829. The number of benzene rings is 3. The number of oxazole rings is 1. The fourth-order valence-electron chi connectivity index (χ4n) is 3.00. The highest BCUT2D eigenvalue weighted by Crippen LogP contribution is 2.32. The summed E-state index contributed by atoms with van der Waals surface area (Å²) in [5.41, 5.74) is 2.68. The van der Waals surface area contributed by atoms with Crippen molar-refractivity contribution in [2.75, 3.05) is 0 Å². The highest BCUT2D eigenvalue weighted by molar-refractivity contribution is 6.18. The summed E-state index contributed by atoms with van der Waals surface area (Å²) in [6.07, 6.45) is 3.39. The van der Waals surface area contributed by atoms with E-state index in [0.717, 1.165) is 32.8 Å². The van der Waals surface area contributed by atoms with E-state index in [9.17, 15) is 0 Å². The van der Waals surface area contributed by atoms with Crippen LogP contribution in [0.2, 0.25) is 0 Å². The Balaban J connectivity index is 2.11. The minimum Gasteiger partial charge on any atom is -0.443 e. The molecule has 5 rings (SSSR count). The van der Waals surface area contributed by atoms with Gasteiger partial charge < -0.3 is 4.42 Å². The Bertz CT molecular complexity index is 1140. The van der Waals surface area contributed by atoms with Gasteiger partial charge in [-0.1, -0.05) is 30.3 Å². The van der Waals surface area contributed by atoms with Crippen molar-refractivity contribution in [3.63, 3.8) is 0 Å². The van der Waals surface area contributed by atoms with E-state index in [-0.39, 0.29) is 0 Å². The molecule has 98 valence electrons. The number of rotatable bonds is 0. The van der Waals surface area contributed by atoms with Crippen molar-refractivity contribution in [3.8, 4) is 0 Å². The molecule has 21 heavy (non-hydrogen) atoms. The maximum atomic E-state index is 5.61. The van der Waals surface area contributed by atoms with E-state index in [0.29, 0.717) is 0 Å². The van der Waals surface area contributed by atoms with Gasteiger partial charge >= 0.3 is 0 Å². The molecule has 0 unspecified atom stereocenters. The van der Waals surface area contributed by atoms with Gasteiger partial charge in [-0.05, 0) is 29.0 Å². The highest BCUT2D eigenvalue weighted by atomic mass is 16.3. The molecular formula is C18H10N2O. The molecule has 0 fully saturated rings. The summed E-state index contributed by atoms with van der Waals surface area (Å²) in [5, 5.41) is 5.66. The number of aromatic nitrogens is 2. The van der Waals surface area contributed by atoms with Crippen LogP contribution in [-0.4, -0.2) is 9.97 Å². The van der Waals surface area contributed by atoms with Gasteiger partial charge in [0.25, 0.3) is 0 Å². The second-order valence-electron chi connectivity index (χ2n) is 5.21. The fraction of sp³-hybridized carbons (Fsp3) is 0. The van der Waals surface area contributed by atoms with Crippen molar-refractivity contribution in [1.82, 2.24) is 9.97 Å². The lowest BCUT2D eigenvalue weighted by molar-refractivity contribution is 0.605. The van der Waals surface area contributed by atoms with Gasteiger partial charge in [0.1, 0.15) is 5.52 Å². The first-order chi connectivity index (χ1) is 10.4. The molecule has 0 saturated heterocycles. The molecule has 0 aliphatic rings. The third kappa shape index (κ3) is 1.43. The normalized spacial score (nSPS) is 11.8. The minimum atomic E-state index is 0.829. The van der Waals surface area contributed by atoms with Crippen LogP contribution in [0, 0.1) is 0 Å².